The van der Waals surface area contributed by atoms with Crippen molar-refractivity contribution in [2.45, 2.75) is 31.7 Å². The van der Waals surface area contributed by atoms with E-state index >= 15 is 0 Å². The van der Waals surface area contributed by atoms with E-state index in [2.05, 4.69) is 22.1 Å². The first-order valence-corrected chi connectivity index (χ1v) is 9.55. The summed E-state index contributed by atoms with van der Waals surface area (Å²) < 4.78 is 11.3. The Bertz CT molecular complexity index is 939. The predicted molar refractivity (Wildman–Crippen MR) is 104 cm³/mol. The number of hydrogen-bond acceptors (Lipinski definition) is 5. The van der Waals surface area contributed by atoms with Crippen molar-refractivity contribution in [3.63, 3.8) is 0 Å². The van der Waals surface area contributed by atoms with Crippen LogP contribution >= 0.6 is 0 Å². The number of aromatic nitrogens is 2. The maximum absolute atomic E-state index is 13.2. The lowest BCUT2D eigenvalue weighted by molar-refractivity contribution is 0.0566. The summed E-state index contributed by atoms with van der Waals surface area (Å²) in [4.78, 5) is 23.7. The number of ether oxygens (including phenoxy) is 1. The summed E-state index contributed by atoms with van der Waals surface area (Å²) in [5, 5.41) is 0. The number of carbonyl (C=O) groups excluding carboxylic acids is 1. The molecule has 6 heteroatoms. The van der Waals surface area contributed by atoms with Gasteiger partial charge in [0.15, 0.2) is 0 Å². The number of amides is 1. The van der Waals surface area contributed by atoms with Gasteiger partial charge in [0.1, 0.15) is 17.4 Å². The van der Waals surface area contributed by atoms with E-state index in [0.717, 1.165) is 25.0 Å². The van der Waals surface area contributed by atoms with Crippen LogP contribution in [-0.4, -0.2) is 34.4 Å². The fourth-order valence-electron chi connectivity index (χ4n) is 3.66. The molecule has 0 radical (unpaired) electrons. The highest BCUT2D eigenvalue weighted by molar-refractivity contribution is 5.96. The average Bonchev–Trinajstić information content (AvgIpc) is 3.22. The molecule has 6 nitrogen and oxygen atoms in total. The number of piperidine rings is 1. The van der Waals surface area contributed by atoms with E-state index in [1.165, 1.54) is 12.7 Å². The number of oxazole rings is 1. The lowest BCUT2D eigenvalue weighted by Gasteiger charge is -2.34. The summed E-state index contributed by atoms with van der Waals surface area (Å²) in [7, 11) is 1.52. The van der Waals surface area contributed by atoms with Crippen molar-refractivity contribution >= 4 is 5.91 Å². The molecule has 4 rings (SSSR count). The fourth-order valence-corrected chi connectivity index (χ4v) is 3.66. The highest BCUT2D eigenvalue weighted by atomic mass is 16.5. The van der Waals surface area contributed by atoms with E-state index in [-0.39, 0.29) is 11.9 Å². The molecule has 0 saturated carbocycles. The fraction of sp³-hybridized carbons (Fsp3) is 0.318. The Morgan fingerprint density at radius 2 is 2.04 bits per heavy atom. The molecule has 1 saturated heterocycles. The van der Waals surface area contributed by atoms with Crippen molar-refractivity contribution in [1.29, 1.82) is 0 Å². The molecule has 3 aromatic rings. The lowest BCUT2D eigenvalue weighted by Crippen LogP contribution is -2.38. The van der Waals surface area contributed by atoms with Gasteiger partial charge in [-0.25, -0.2) is 9.97 Å². The van der Waals surface area contributed by atoms with Crippen molar-refractivity contribution in [3.05, 3.63) is 77.6 Å². The second-order valence-electron chi connectivity index (χ2n) is 6.90. The Kier molecular flexibility index (Phi) is 5.37. The van der Waals surface area contributed by atoms with Crippen molar-refractivity contribution in [2.24, 2.45) is 0 Å². The second-order valence-corrected chi connectivity index (χ2v) is 6.90. The standard InChI is InChI=1S/C22H23N3O3/c1-27-20-18(10-7-12-23-20)22(26)25-13-6-5-11-19(25)21-24-15-17(28-21)14-16-8-3-2-4-9-16/h2-4,7-10,12,15,19H,5-6,11,13-14H2,1H3. The van der Waals surface area contributed by atoms with Crippen LogP contribution in [0.5, 0.6) is 5.88 Å². The van der Waals surface area contributed by atoms with Gasteiger partial charge in [0.2, 0.25) is 11.8 Å². The van der Waals surface area contributed by atoms with Gasteiger partial charge < -0.3 is 14.1 Å². The summed E-state index contributed by atoms with van der Waals surface area (Å²) in [5.74, 6) is 1.64. The molecule has 144 valence electrons. The Balaban J connectivity index is 1.57. The SMILES string of the molecule is COc1ncccc1C(=O)N1CCCCC1c1ncc(Cc2ccccc2)o1. The molecule has 0 N–H and O–H groups in total. The number of likely N-dealkylation sites (tertiary alicyclic amines) is 1. The van der Waals surface area contributed by atoms with E-state index in [1.54, 1.807) is 24.5 Å². The van der Waals surface area contributed by atoms with Crippen LogP contribution < -0.4 is 4.74 Å². The Labute approximate surface area is 164 Å². The maximum atomic E-state index is 13.2. The molecule has 1 atom stereocenters. The van der Waals surface area contributed by atoms with Gasteiger partial charge in [-0.2, -0.15) is 0 Å². The monoisotopic (exact) mass is 377 g/mol. The van der Waals surface area contributed by atoms with Crippen LogP contribution in [0.15, 0.2) is 59.3 Å². The number of methoxy groups -OCH3 is 1. The van der Waals surface area contributed by atoms with Crippen LogP contribution in [-0.2, 0) is 6.42 Å². The summed E-state index contributed by atoms with van der Waals surface area (Å²) in [6.45, 7) is 0.665. The molecule has 1 unspecified atom stereocenters. The van der Waals surface area contributed by atoms with Gasteiger partial charge in [-0.15, -0.1) is 0 Å². The molecular formula is C22H23N3O3. The van der Waals surface area contributed by atoms with Gasteiger partial charge >= 0.3 is 0 Å². The number of benzene rings is 1. The predicted octanol–water partition coefficient (Wildman–Crippen LogP) is 4.04. The molecule has 0 bridgehead atoms. The van der Waals surface area contributed by atoms with E-state index in [9.17, 15) is 4.79 Å². The second kappa shape index (κ2) is 8.25. The maximum Gasteiger partial charge on any atom is 0.260 e. The number of pyridine rings is 1. The van der Waals surface area contributed by atoms with Crippen molar-refractivity contribution < 1.29 is 13.9 Å². The zero-order valence-corrected chi connectivity index (χ0v) is 15.9. The minimum absolute atomic E-state index is 0.0996. The van der Waals surface area contributed by atoms with Crippen LogP contribution in [0.3, 0.4) is 0 Å². The van der Waals surface area contributed by atoms with Crippen LogP contribution in [0.1, 0.15) is 52.9 Å². The third-order valence-electron chi connectivity index (χ3n) is 5.04. The smallest absolute Gasteiger partial charge is 0.260 e. The van der Waals surface area contributed by atoms with Crippen LogP contribution in [0, 0.1) is 0 Å². The Morgan fingerprint density at radius 3 is 2.86 bits per heavy atom. The molecule has 1 aliphatic rings. The third kappa shape index (κ3) is 3.76. The van der Waals surface area contributed by atoms with E-state index < -0.39 is 0 Å². The number of rotatable bonds is 5. The highest BCUT2D eigenvalue weighted by Gasteiger charge is 2.33. The van der Waals surface area contributed by atoms with Gasteiger partial charge in [0.05, 0.1) is 13.3 Å². The Morgan fingerprint density at radius 1 is 1.18 bits per heavy atom. The number of hydrogen-bond donors (Lipinski definition) is 0. The number of carbonyl (C=O) groups is 1. The van der Waals surface area contributed by atoms with Crippen molar-refractivity contribution in [3.8, 4) is 5.88 Å². The molecule has 2 aromatic heterocycles. The largest absolute Gasteiger partial charge is 0.480 e. The zero-order chi connectivity index (χ0) is 19.3. The van der Waals surface area contributed by atoms with Gasteiger partial charge in [-0.1, -0.05) is 30.3 Å². The topological polar surface area (TPSA) is 68.5 Å². The first kappa shape index (κ1) is 18.2. The summed E-state index contributed by atoms with van der Waals surface area (Å²) in [6.07, 6.45) is 6.90. The third-order valence-corrected chi connectivity index (χ3v) is 5.04. The minimum Gasteiger partial charge on any atom is -0.480 e. The minimum atomic E-state index is -0.171. The first-order valence-electron chi connectivity index (χ1n) is 9.55. The highest BCUT2D eigenvalue weighted by Crippen LogP contribution is 2.33. The number of nitrogens with zero attached hydrogens (tertiary/aromatic N) is 3. The molecule has 1 fully saturated rings. The first-order chi connectivity index (χ1) is 13.8. The van der Waals surface area contributed by atoms with Crippen LogP contribution in [0.4, 0.5) is 0 Å². The van der Waals surface area contributed by atoms with Gasteiger partial charge in [-0.05, 0) is 37.0 Å². The average molecular weight is 377 g/mol. The quantitative estimate of drug-likeness (QED) is 0.671. The van der Waals surface area contributed by atoms with Crippen molar-refractivity contribution in [2.75, 3.05) is 13.7 Å². The van der Waals surface area contributed by atoms with Gasteiger partial charge in [-0.3, -0.25) is 4.79 Å². The Hall–Kier alpha value is -3.15. The van der Waals surface area contributed by atoms with E-state index in [4.69, 9.17) is 9.15 Å². The molecule has 28 heavy (non-hydrogen) atoms. The van der Waals surface area contributed by atoms with Crippen LogP contribution in [0.2, 0.25) is 0 Å². The normalized spacial score (nSPS) is 16.8. The summed E-state index contributed by atoms with van der Waals surface area (Å²) in [5.41, 5.74) is 1.63. The molecule has 1 amide bonds. The van der Waals surface area contributed by atoms with Gasteiger partial charge in [0, 0.05) is 19.2 Å². The molecule has 0 spiro atoms. The molecule has 0 aliphatic carbocycles. The molecule has 1 aromatic carbocycles. The molecular weight excluding hydrogens is 354 g/mol. The van der Waals surface area contributed by atoms with E-state index in [1.807, 2.05) is 23.1 Å². The van der Waals surface area contributed by atoms with E-state index in [0.29, 0.717) is 30.3 Å². The molecule has 1 aliphatic heterocycles. The summed E-state index contributed by atoms with van der Waals surface area (Å²) in [6, 6.07) is 13.5. The molecule has 3 heterocycles. The van der Waals surface area contributed by atoms with Gasteiger partial charge in [0.25, 0.3) is 5.91 Å². The van der Waals surface area contributed by atoms with Crippen LogP contribution in [0.25, 0.3) is 0 Å². The zero-order valence-electron chi connectivity index (χ0n) is 15.9. The summed E-state index contributed by atoms with van der Waals surface area (Å²) >= 11 is 0. The lowest BCUT2D eigenvalue weighted by atomic mass is 10.0. The van der Waals surface area contributed by atoms with Crippen molar-refractivity contribution in [1.82, 2.24) is 14.9 Å².